The van der Waals surface area contributed by atoms with Crippen LogP contribution in [0.5, 0.6) is 5.75 Å². The maximum Gasteiger partial charge on any atom is 0.573 e. The summed E-state index contributed by atoms with van der Waals surface area (Å²) in [5, 5.41) is 1.37. The van der Waals surface area contributed by atoms with E-state index in [-0.39, 0.29) is 5.75 Å². The predicted octanol–water partition coefficient (Wildman–Crippen LogP) is 5.22. The lowest BCUT2D eigenvalue weighted by Gasteiger charge is -2.15. The third kappa shape index (κ3) is 3.04. The second-order valence-corrected chi connectivity index (χ2v) is 4.91. The topological polar surface area (TPSA) is 26.3 Å². The number of carbonyl (C=O) groups is 1. The van der Waals surface area contributed by atoms with Gasteiger partial charge in [-0.3, -0.25) is 4.79 Å². The van der Waals surface area contributed by atoms with E-state index in [0.717, 1.165) is 6.29 Å². The SMILES string of the molecule is O=Cc1ccc(-c2ccccc2OC(F)(F)F)c2ccccc12. The van der Waals surface area contributed by atoms with Gasteiger partial charge in [0.1, 0.15) is 5.75 Å². The highest BCUT2D eigenvalue weighted by atomic mass is 19.4. The molecule has 0 spiro atoms. The number of benzene rings is 3. The number of ether oxygens (including phenoxy) is 1. The summed E-state index contributed by atoms with van der Waals surface area (Å²) in [5.74, 6) is -0.274. The Morgan fingerprint density at radius 2 is 1.43 bits per heavy atom. The van der Waals surface area contributed by atoms with Gasteiger partial charge in [0.25, 0.3) is 0 Å². The van der Waals surface area contributed by atoms with Gasteiger partial charge in [-0.2, -0.15) is 0 Å². The first-order valence-electron chi connectivity index (χ1n) is 6.81. The molecule has 5 heteroatoms. The average molecular weight is 316 g/mol. The lowest BCUT2D eigenvalue weighted by molar-refractivity contribution is -0.274. The molecule has 0 heterocycles. The summed E-state index contributed by atoms with van der Waals surface area (Å²) in [6, 6.07) is 16.2. The van der Waals surface area contributed by atoms with Gasteiger partial charge in [-0.25, -0.2) is 0 Å². The van der Waals surface area contributed by atoms with E-state index in [1.165, 1.54) is 12.1 Å². The van der Waals surface area contributed by atoms with E-state index in [1.54, 1.807) is 48.5 Å². The number of carbonyl (C=O) groups excluding carboxylic acids is 1. The van der Waals surface area contributed by atoms with Crippen LogP contribution in [0.4, 0.5) is 13.2 Å². The van der Waals surface area contributed by atoms with Crippen molar-refractivity contribution in [3.05, 3.63) is 66.2 Å². The van der Waals surface area contributed by atoms with Gasteiger partial charge in [-0.1, -0.05) is 54.6 Å². The maximum absolute atomic E-state index is 12.6. The van der Waals surface area contributed by atoms with Gasteiger partial charge in [0.15, 0.2) is 6.29 Å². The molecule has 0 unspecified atom stereocenters. The smallest absolute Gasteiger partial charge is 0.405 e. The molecule has 3 rings (SSSR count). The van der Waals surface area contributed by atoms with Crippen LogP contribution in [0.15, 0.2) is 60.7 Å². The summed E-state index contributed by atoms with van der Waals surface area (Å²) in [4.78, 5) is 11.1. The molecule has 0 aliphatic carbocycles. The first kappa shape index (κ1) is 15.1. The summed E-state index contributed by atoms with van der Waals surface area (Å²) in [6.07, 6.45) is -4.04. The average Bonchev–Trinajstić information content (AvgIpc) is 2.53. The zero-order valence-corrected chi connectivity index (χ0v) is 11.8. The molecule has 23 heavy (non-hydrogen) atoms. The van der Waals surface area contributed by atoms with Crippen LogP contribution in [0.25, 0.3) is 21.9 Å². The normalized spacial score (nSPS) is 11.4. The number of alkyl halides is 3. The van der Waals surface area contributed by atoms with Gasteiger partial charge in [0.05, 0.1) is 0 Å². The van der Waals surface area contributed by atoms with Crippen molar-refractivity contribution >= 4 is 17.1 Å². The highest BCUT2D eigenvalue weighted by Gasteiger charge is 2.32. The van der Waals surface area contributed by atoms with E-state index in [0.29, 0.717) is 27.5 Å². The summed E-state index contributed by atoms with van der Waals surface area (Å²) in [5.41, 5.74) is 1.38. The Morgan fingerprint density at radius 3 is 2.13 bits per heavy atom. The number of halogens is 3. The molecule has 3 aromatic carbocycles. The number of para-hydroxylation sites is 1. The number of rotatable bonds is 3. The Balaban J connectivity index is 2.24. The van der Waals surface area contributed by atoms with Gasteiger partial charge in [0.2, 0.25) is 0 Å². The van der Waals surface area contributed by atoms with Crippen molar-refractivity contribution in [2.75, 3.05) is 0 Å². The zero-order chi connectivity index (χ0) is 16.4. The number of aldehydes is 1. The Bertz CT molecular complexity index is 870. The largest absolute Gasteiger partial charge is 0.573 e. The number of hydrogen-bond donors (Lipinski definition) is 0. The summed E-state index contributed by atoms with van der Waals surface area (Å²) < 4.78 is 41.9. The third-order valence-corrected chi connectivity index (χ3v) is 3.49. The van der Waals surface area contributed by atoms with Gasteiger partial charge < -0.3 is 4.74 Å². The highest BCUT2D eigenvalue weighted by Crippen LogP contribution is 2.37. The molecule has 0 amide bonds. The fraction of sp³-hybridized carbons (Fsp3) is 0.0556. The minimum absolute atomic E-state index is 0.274. The summed E-state index contributed by atoms with van der Waals surface area (Å²) >= 11 is 0. The highest BCUT2D eigenvalue weighted by molar-refractivity contribution is 6.05. The molecule has 0 bridgehead atoms. The van der Waals surface area contributed by atoms with Gasteiger partial charge in [0, 0.05) is 11.1 Å². The van der Waals surface area contributed by atoms with E-state index in [1.807, 2.05) is 0 Å². The molecular weight excluding hydrogens is 305 g/mol. The Kier molecular flexibility index (Phi) is 3.78. The molecule has 0 radical (unpaired) electrons. The lowest BCUT2D eigenvalue weighted by atomic mass is 9.95. The van der Waals surface area contributed by atoms with E-state index < -0.39 is 6.36 Å². The first-order valence-corrected chi connectivity index (χ1v) is 6.81. The van der Waals surface area contributed by atoms with Crippen molar-refractivity contribution in [1.82, 2.24) is 0 Å². The summed E-state index contributed by atoms with van der Waals surface area (Å²) in [6.45, 7) is 0. The molecule has 0 aliphatic rings. The predicted molar refractivity (Wildman–Crippen MR) is 81.5 cm³/mol. The van der Waals surface area contributed by atoms with E-state index in [9.17, 15) is 18.0 Å². The van der Waals surface area contributed by atoms with Crippen LogP contribution in [-0.4, -0.2) is 12.6 Å². The van der Waals surface area contributed by atoms with Crippen molar-refractivity contribution in [2.45, 2.75) is 6.36 Å². The molecule has 0 atom stereocenters. The van der Waals surface area contributed by atoms with Crippen LogP contribution in [0.3, 0.4) is 0 Å². The molecule has 3 aromatic rings. The Morgan fingerprint density at radius 1 is 0.783 bits per heavy atom. The number of fused-ring (bicyclic) bond motifs is 1. The monoisotopic (exact) mass is 316 g/mol. The standard InChI is InChI=1S/C18H11F3O2/c19-18(20,21)23-17-8-4-3-7-16(17)15-10-9-12(11-22)13-5-1-2-6-14(13)15/h1-11H. The first-order chi connectivity index (χ1) is 11.0. The quantitative estimate of drug-likeness (QED) is 0.619. The molecule has 0 N–H and O–H groups in total. The molecule has 0 saturated carbocycles. The molecule has 0 aliphatic heterocycles. The van der Waals surface area contributed by atoms with E-state index in [4.69, 9.17) is 0 Å². The van der Waals surface area contributed by atoms with Crippen LogP contribution in [0.1, 0.15) is 10.4 Å². The van der Waals surface area contributed by atoms with Crippen molar-refractivity contribution < 1.29 is 22.7 Å². The van der Waals surface area contributed by atoms with Gasteiger partial charge >= 0.3 is 6.36 Å². The minimum atomic E-state index is -4.77. The zero-order valence-electron chi connectivity index (χ0n) is 11.8. The van der Waals surface area contributed by atoms with Crippen molar-refractivity contribution in [3.8, 4) is 16.9 Å². The molecule has 116 valence electrons. The maximum atomic E-state index is 12.6. The number of hydrogen-bond acceptors (Lipinski definition) is 2. The second kappa shape index (κ2) is 5.76. The van der Waals surface area contributed by atoms with Crippen molar-refractivity contribution in [2.24, 2.45) is 0 Å². The fourth-order valence-electron chi connectivity index (χ4n) is 2.56. The molecule has 0 fully saturated rings. The molecule has 0 aromatic heterocycles. The van der Waals surface area contributed by atoms with Crippen LogP contribution in [-0.2, 0) is 0 Å². The summed E-state index contributed by atoms with van der Waals surface area (Å²) in [7, 11) is 0. The van der Waals surface area contributed by atoms with E-state index >= 15 is 0 Å². The van der Waals surface area contributed by atoms with Crippen LogP contribution < -0.4 is 4.74 Å². The van der Waals surface area contributed by atoms with Crippen molar-refractivity contribution in [1.29, 1.82) is 0 Å². The van der Waals surface area contributed by atoms with E-state index in [2.05, 4.69) is 4.74 Å². The van der Waals surface area contributed by atoms with Crippen LogP contribution in [0, 0.1) is 0 Å². The lowest BCUT2D eigenvalue weighted by Crippen LogP contribution is -2.17. The van der Waals surface area contributed by atoms with Gasteiger partial charge in [-0.15, -0.1) is 13.2 Å². The minimum Gasteiger partial charge on any atom is -0.405 e. The van der Waals surface area contributed by atoms with Crippen LogP contribution >= 0.6 is 0 Å². The Hall–Kier alpha value is -2.82. The molecule has 0 saturated heterocycles. The Labute approximate surface area is 130 Å². The third-order valence-electron chi connectivity index (χ3n) is 3.49. The van der Waals surface area contributed by atoms with Crippen LogP contribution in [0.2, 0.25) is 0 Å². The molecular formula is C18H11F3O2. The fourth-order valence-corrected chi connectivity index (χ4v) is 2.56. The molecule has 2 nitrogen and oxygen atoms in total. The van der Waals surface area contributed by atoms with Gasteiger partial charge in [-0.05, 0) is 22.4 Å². The second-order valence-electron chi connectivity index (χ2n) is 4.91. The van der Waals surface area contributed by atoms with Crippen molar-refractivity contribution in [3.63, 3.8) is 0 Å².